The van der Waals surface area contributed by atoms with Crippen LogP contribution in [-0.2, 0) is 31.8 Å². The van der Waals surface area contributed by atoms with Crippen LogP contribution in [0.1, 0.15) is 18.4 Å². The fourth-order valence-corrected chi connectivity index (χ4v) is 6.75. The summed E-state index contributed by atoms with van der Waals surface area (Å²) >= 11 is 1.01. The van der Waals surface area contributed by atoms with Crippen molar-refractivity contribution in [2.24, 2.45) is 0 Å². The van der Waals surface area contributed by atoms with Gasteiger partial charge in [-0.2, -0.15) is 4.31 Å². The van der Waals surface area contributed by atoms with E-state index in [1.54, 1.807) is 6.07 Å². The zero-order valence-corrected chi connectivity index (χ0v) is 20.7. The number of morpholine rings is 1. The van der Waals surface area contributed by atoms with Crippen LogP contribution in [0.4, 0.5) is 17.6 Å². The topological polar surface area (TPSA) is 73.7 Å². The number of hydrogen-bond acceptors (Lipinski definition) is 6. The van der Waals surface area contributed by atoms with E-state index in [0.29, 0.717) is 48.6 Å². The number of aromatic nitrogens is 2. The van der Waals surface area contributed by atoms with Crippen LogP contribution in [0.3, 0.4) is 0 Å². The molecular weight excluding hydrogens is 522 g/mol. The van der Waals surface area contributed by atoms with E-state index in [1.165, 1.54) is 16.4 Å². The van der Waals surface area contributed by atoms with Crippen molar-refractivity contribution in [3.05, 3.63) is 53.1 Å². The fourth-order valence-electron chi connectivity index (χ4n) is 4.33. The highest BCUT2D eigenvalue weighted by Crippen LogP contribution is 2.32. The van der Waals surface area contributed by atoms with Crippen LogP contribution in [0.15, 0.2) is 34.3 Å². The Bertz CT molecular complexity index is 1390. The Labute approximate surface area is 209 Å². The van der Waals surface area contributed by atoms with Crippen molar-refractivity contribution in [2.45, 2.75) is 41.3 Å². The van der Waals surface area contributed by atoms with Crippen LogP contribution in [0.2, 0.25) is 0 Å². The highest BCUT2D eigenvalue weighted by Gasteiger charge is 2.28. The lowest BCUT2D eigenvalue weighted by Crippen LogP contribution is -2.40. The molecule has 1 atom stereocenters. The summed E-state index contributed by atoms with van der Waals surface area (Å²) in [6.07, 6.45) is 1.65. The summed E-state index contributed by atoms with van der Waals surface area (Å²) in [7, 11) is -3.75. The molecule has 5 rings (SSSR count). The lowest BCUT2D eigenvalue weighted by molar-refractivity contribution is 0.0730. The van der Waals surface area contributed by atoms with Gasteiger partial charge in [-0.1, -0.05) is 11.8 Å². The molecule has 0 saturated carbocycles. The van der Waals surface area contributed by atoms with E-state index in [-0.39, 0.29) is 35.4 Å². The minimum atomic E-state index is -3.75. The van der Waals surface area contributed by atoms with Crippen molar-refractivity contribution in [1.82, 2.24) is 13.9 Å². The third-order valence-electron chi connectivity index (χ3n) is 6.24. The zero-order valence-electron chi connectivity index (χ0n) is 19.1. The minimum Gasteiger partial charge on any atom is -0.379 e. The van der Waals surface area contributed by atoms with Gasteiger partial charge >= 0.3 is 0 Å². The molecule has 3 aromatic rings. The van der Waals surface area contributed by atoms with Crippen LogP contribution in [0.25, 0.3) is 11.0 Å². The van der Waals surface area contributed by atoms with Gasteiger partial charge in [0, 0.05) is 31.0 Å². The third-order valence-corrected chi connectivity index (χ3v) is 9.16. The predicted molar refractivity (Wildman–Crippen MR) is 124 cm³/mol. The Hall–Kier alpha value is -2.19. The largest absolute Gasteiger partial charge is 0.379 e. The molecule has 2 saturated heterocycles. The van der Waals surface area contributed by atoms with E-state index in [2.05, 4.69) is 4.98 Å². The van der Waals surface area contributed by atoms with Gasteiger partial charge in [0.25, 0.3) is 0 Å². The Morgan fingerprint density at radius 1 is 1.03 bits per heavy atom. The summed E-state index contributed by atoms with van der Waals surface area (Å²) in [6, 6.07) is 5.28. The number of nitrogens with zero attached hydrogens (tertiary/aromatic N) is 3. The Morgan fingerprint density at radius 3 is 2.53 bits per heavy atom. The monoisotopic (exact) mass is 545 g/mol. The molecule has 0 aliphatic carbocycles. The van der Waals surface area contributed by atoms with Crippen LogP contribution in [-0.4, -0.2) is 61.3 Å². The molecule has 0 N–H and O–H groups in total. The van der Waals surface area contributed by atoms with E-state index in [1.807, 2.05) is 4.57 Å². The lowest BCUT2D eigenvalue weighted by Gasteiger charge is -2.26. The van der Waals surface area contributed by atoms with Gasteiger partial charge in [-0.15, -0.1) is 0 Å². The van der Waals surface area contributed by atoms with E-state index < -0.39 is 33.3 Å². The zero-order chi connectivity index (χ0) is 25.4. The van der Waals surface area contributed by atoms with E-state index >= 15 is 0 Å². The molecule has 2 aliphatic heterocycles. The quantitative estimate of drug-likeness (QED) is 0.193. The highest BCUT2D eigenvalue weighted by molar-refractivity contribution is 7.98. The average Bonchev–Trinajstić information content (AvgIpc) is 3.52. The molecule has 3 heterocycles. The second-order valence-corrected chi connectivity index (χ2v) is 11.4. The van der Waals surface area contributed by atoms with Gasteiger partial charge in [0.15, 0.2) is 28.4 Å². The molecule has 194 valence electrons. The molecule has 1 aromatic heterocycles. The number of benzene rings is 2. The average molecular weight is 546 g/mol. The van der Waals surface area contributed by atoms with Gasteiger partial charge in [0.2, 0.25) is 10.0 Å². The first-order chi connectivity index (χ1) is 17.3. The van der Waals surface area contributed by atoms with Crippen molar-refractivity contribution in [1.29, 1.82) is 0 Å². The number of rotatable bonds is 7. The molecule has 0 amide bonds. The summed E-state index contributed by atoms with van der Waals surface area (Å²) in [6.45, 7) is 2.19. The first-order valence-corrected chi connectivity index (χ1v) is 13.8. The van der Waals surface area contributed by atoms with Crippen molar-refractivity contribution < 1.29 is 35.5 Å². The lowest BCUT2D eigenvalue weighted by atomic mass is 10.2. The molecule has 0 spiro atoms. The summed E-state index contributed by atoms with van der Waals surface area (Å²) in [4.78, 5) is 4.65. The highest BCUT2D eigenvalue weighted by atomic mass is 32.2. The van der Waals surface area contributed by atoms with Crippen LogP contribution >= 0.6 is 11.8 Å². The maximum Gasteiger partial charge on any atom is 0.243 e. The number of hydrogen-bond donors (Lipinski definition) is 0. The maximum atomic E-state index is 14.2. The Balaban J connectivity index is 1.49. The number of halogens is 4. The van der Waals surface area contributed by atoms with Gasteiger partial charge in [-0.3, -0.25) is 0 Å². The van der Waals surface area contributed by atoms with Gasteiger partial charge in [0.05, 0.1) is 41.8 Å². The SMILES string of the molecule is O=S(=O)(c1ccc2c(c1)nc(SCc1cc(F)c(F)c(F)c1F)n2C[C@@H]1CCCO1)N1CCOCC1. The molecule has 0 radical (unpaired) electrons. The van der Waals surface area contributed by atoms with E-state index in [9.17, 15) is 26.0 Å². The van der Waals surface area contributed by atoms with Gasteiger partial charge in [-0.25, -0.2) is 31.0 Å². The number of ether oxygens (including phenoxy) is 2. The van der Waals surface area contributed by atoms with Gasteiger partial charge in [0.1, 0.15) is 0 Å². The molecule has 36 heavy (non-hydrogen) atoms. The van der Waals surface area contributed by atoms with Crippen molar-refractivity contribution in [3.63, 3.8) is 0 Å². The maximum absolute atomic E-state index is 14.2. The van der Waals surface area contributed by atoms with Crippen molar-refractivity contribution in [2.75, 3.05) is 32.9 Å². The number of imidazole rings is 1. The molecule has 2 aliphatic rings. The number of sulfonamides is 1. The second-order valence-electron chi connectivity index (χ2n) is 8.56. The minimum absolute atomic E-state index is 0.0870. The van der Waals surface area contributed by atoms with Crippen LogP contribution < -0.4 is 0 Å². The summed E-state index contributed by atoms with van der Waals surface area (Å²) in [5.74, 6) is -6.87. The Kier molecular flexibility index (Phi) is 7.27. The summed E-state index contributed by atoms with van der Waals surface area (Å²) < 4.78 is 95.3. The fraction of sp³-hybridized carbons (Fsp3) is 0.435. The molecule has 2 aromatic carbocycles. The summed E-state index contributed by atoms with van der Waals surface area (Å²) in [5.41, 5.74) is 0.704. The number of fused-ring (bicyclic) bond motifs is 1. The van der Waals surface area contributed by atoms with Crippen molar-refractivity contribution in [3.8, 4) is 0 Å². The molecule has 0 unspecified atom stereocenters. The van der Waals surface area contributed by atoms with Crippen molar-refractivity contribution >= 4 is 32.8 Å². The van der Waals surface area contributed by atoms with E-state index in [4.69, 9.17) is 9.47 Å². The Morgan fingerprint density at radius 2 is 1.81 bits per heavy atom. The molecule has 2 fully saturated rings. The van der Waals surface area contributed by atoms with Crippen LogP contribution in [0, 0.1) is 23.3 Å². The second kappa shape index (κ2) is 10.3. The normalized spacial score (nSPS) is 19.4. The van der Waals surface area contributed by atoms with Gasteiger partial charge in [-0.05, 0) is 37.1 Å². The van der Waals surface area contributed by atoms with Gasteiger partial charge < -0.3 is 14.0 Å². The predicted octanol–water partition coefficient (Wildman–Crippen LogP) is 4.08. The molecule has 7 nitrogen and oxygen atoms in total. The standard InChI is InChI=1S/C23H23F4N3O4S2/c24-17-10-14(20(25)22(27)21(17)26)13-35-23-28-18-11-16(36(31,32)29-5-8-33-9-6-29)3-4-19(18)30(23)12-15-2-1-7-34-15/h3-4,10-11,15H,1-2,5-9,12-13H2/t15-/m0/s1. The third kappa shape index (κ3) is 4.86. The molecule has 13 heteroatoms. The first-order valence-electron chi connectivity index (χ1n) is 11.4. The molecule has 0 bridgehead atoms. The summed E-state index contributed by atoms with van der Waals surface area (Å²) in [5, 5.41) is 0.394. The van der Waals surface area contributed by atoms with E-state index in [0.717, 1.165) is 24.6 Å². The number of thioether (sulfide) groups is 1. The smallest absolute Gasteiger partial charge is 0.243 e. The molecular formula is C23H23F4N3O4S2. The first kappa shape index (κ1) is 25.5. The van der Waals surface area contributed by atoms with Crippen LogP contribution in [0.5, 0.6) is 0 Å².